The molecule has 2 heterocycles. The maximum Gasteiger partial charge on any atom is 0.266 e. The largest absolute Gasteiger partial charge is 0.497 e. The average Bonchev–Trinajstić information content (AvgIpc) is 3.36. The third-order valence-electron chi connectivity index (χ3n) is 5.97. The highest BCUT2D eigenvalue weighted by Gasteiger charge is 2.60. The third-order valence-corrected chi connectivity index (χ3v) is 6.50. The third kappa shape index (κ3) is 3.55. The van der Waals surface area contributed by atoms with Gasteiger partial charge in [-0.15, -0.1) is 0 Å². The van der Waals surface area contributed by atoms with E-state index in [1.807, 2.05) is 36.4 Å². The first kappa shape index (κ1) is 21.5. The fourth-order valence-electron chi connectivity index (χ4n) is 4.44. The molecule has 2 saturated heterocycles. The fraction of sp³-hybridized carbons (Fsp3) is 0.200. The molecule has 2 aliphatic heterocycles. The number of hydrogen-bond donors (Lipinski definition) is 0. The monoisotopic (exact) mass is 508 g/mol. The smallest absolute Gasteiger partial charge is 0.266 e. The van der Waals surface area contributed by atoms with Crippen LogP contribution >= 0.6 is 15.9 Å². The summed E-state index contributed by atoms with van der Waals surface area (Å²) in [6, 6.07) is 21.3. The van der Waals surface area contributed by atoms with E-state index in [0.717, 1.165) is 10.2 Å². The van der Waals surface area contributed by atoms with Gasteiger partial charge >= 0.3 is 0 Å². The standard InChI is InChI=1S/C25H21BrN2O5/c1-31-18-12-13-20(32-2)19(14-18)22-21-23(33-28(22)17-6-4-3-5-7-17)25(30)27(24(21)29)16-10-8-15(26)9-11-16/h3-14,21-23H,1-2H3/t21-,22+,23+/m0/s1. The molecular formula is C25H21BrN2O5. The molecular weight excluding hydrogens is 488 g/mol. The molecule has 0 aliphatic carbocycles. The number of imide groups is 1. The summed E-state index contributed by atoms with van der Waals surface area (Å²) >= 11 is 3.39. The Morgan fingerprint density at radius 3 is 2.24 bits per heavy atom. The highest BCUT2D eigenvalue weighted by atomic mass is 79.9. The number of fused-ring (bicyclic) bond motifs is 1. The predicted octanol–water partition coefficient (Wildman–Crippen LogP) is 4.52. The van der Waals surface area contributed by atoms with Crippen molar-refractivity contribution in [3.63, 3.8) is 0 Å². The molecule has 168 valence electrons. The van der Waals surface area contributed by atoms with E-state index in [1.165, 1.54) is 4.90 Å². The zero-order valence-electron chi connectivity index (χ0n) is 18.0. The van der Waals surface area contributed by atoms with Crippen LogP contribution in [0.5, 0.6) is 11.5 Å². The summed E-state index contributed by atoms with van der Waals surface area (Å²) in [6.07, 6.45) is -0.956. The van der Waals surface area contributed by atoms with E-state index in [-0.39, 0.29) is 5.91 Å². The molecule has 5 rings (SSSR count). The number of halogens is 1. The Morgan fingerprint density at radius 2 is 1.58 bits per heavy atom. The lowest BCUT2D eigenvalue weighted by Gasteiger charge is -2.29. The summed E-state index contributed by atoms with van der Waals surface area (Å²) < 4.78 is 11.9. The number of hydrogen-bond acceptors (Lipinski definition) is 6. The molecule has 0 N–H and O–H groups in total. The van der Waals surface area contributed by atoms with E-state index >= 15 is 0 Å². The van der Waals surface area contributed by atoms with Gasteiger partial charge in [0.2, 0.25) is 5.91 Å². The van der Waals surface area contributed by atoms with Crippen molar-refractivity contribution in [3.8, 4) is 11.5 Å². The highest BCUT2D eigenvalue weighted by molar-refractivity contribution is 9.10. The Balaban J connectivity index is 1.63. The van der Waals surface area contributed by atoms with Crippen LogP contribution in [0.25, 0.3) is 0 Å². The molecule has 33 heavy (non-hydrogen) atoms. The van der Waals surface area contributed by atoms with Crippen LogP contribution in [0.1, 0.15) is 11.6 Å². The topological polar surface area (TPSA) is 68.3 Å². The number of carbonyl (C=O) groups is 2. The highest BCUT2D eigenvalue weighted by Crippen LogP contribution is 2.50. The molecule has 0 aromatic heterocycles. The van der Waals surface area contributed by atoms with Crippen LogP contribution in [0.3, 0.4) is 0 Å². The van der Waals surface area contributed by atoms with Crippen molar-refractivity contribution in [3.05, 3.63) is 82.8 Å². The molecule has 0 spiro atoms. The maximum absolute atomic E-state index is 13.7. The number of ether oxygens (including phenoxy) is 2. The van der Waals surface area contributed by atoms with Crippen LogP contribution in [-0.2, 0) is 14.4 Å². The molecule has 3 atom stereocenters. The van der Waals surface area contributed by atoms with E-state index in [9.17, 15) is 9.59 Å². The summed E-state index contributed by atoms with van der Waals surface area (Å²) in [5.41, 5.74) is 1.94. The number of carbonyl (C=O) groups excluding carboxylic acids is 2. The second-order valence-corrected chi connectivity index (χ2v) is 8.67. The van der Waals surface area contributed by atoms with E-state index in [0.29, 0.717) is 22.7 Å². The van der Waals surface area contributed by atoms with Gasteiger partial charge in [0.25, 0.3) is 5.91 Å². The van der Waals surface area contributed by atoms with Gasteiger partial charge in [0, 0.05) is 10.0 Å². The van der Waals surface area contributed by atoms with Crippen molar-refractivity contribution in [2.75, 3.05) is 24.2 Å². The first-order valence-electron chi connectivity index (χ1n) is 10.4. The Bertz CT molecular complexity index is 1200. The molecule has 2 amide bonds. The van der Waals surface area contributed by atoms with Gasteiger partial charge in [-0.3, -0.25) is 14.4 Å². The van der Waals surface area contributed by atoms with E-state index in [4.69, 9.17) is 14.3 Å². The zero-order chi connectivity index (χ0) is 23.1. The quantitative estimate of drug-likeness (QED) is 0.472. The van der Waals surface area contributed by atoms with Gasteiger partial charge in [0.05, 0.1) is 25.6 Å². The molecule has 0 bridgehead atoms. The summed E-state index contributed by atoms with van der Waals surface area (Å²) in [7, 11) is 3.15. The summed E-state index contributed by atoms with van der Waals surface area (Å²) in [5, 5.41) is 1.64. The molecule has 0 unspecified atom stereocenters. The van der Waals surface area contributed by atoms with Gasteiger partial charge in [-0.25, -0.2) is 9.96 Å². The number of benzene rings is 3. The number of anilines is 2. The Labute approximate surface area is 199 Å². The molecule has 3 aromatic rings. The summed E-state index contributed by atoms with van der Waals surface area (Å²) in [4.78, 5) is 34.5. The minimum absolute atomic E-state index is 0.319. The molecule has 0 saturated carbocycles. The van der Waals surface area contributed by atoms with Crippen LogP contribution in [0, 0.1) is 5.92 Å². The van der Waals surface area contributed by atoms with Gasteiger partial charge in [-0.2, -0.15) is 0 Å². The lowest BCUT2D eigenvalue weighted by atomic mass is 9.89. The Morgan fingerprint density at radius 1 is 0.848 bits per heavy atom. The predicted molar refractivity (Wildman–Crippen MR) is 126 cm³/mol. The number of rotatable bonds is 5. The van der Waals surface area contributed by atoms with Gasteiger partial charge in [0.15, 0.2) is 6.10 Å². The first-order valence-corrected chi connectivity index (χ1v) is 11.2. The molecule has 2 aliphatic rings. The van der Waals surface area contributed by atoms with Crippen LogP contribution < -0.4 is 19.4 Å². The number of methoxy groups -OCH3 is 2. The summed E-state index contributed by atoms with van der Waals surface area (Å²) in [5.74, 6) is -0.280. The van der Waals surface area contributed by atoms with Crippen molar-refractivity contribution in [1.29, 1.82) is 0 Å². The normalized spacial score (nSPS) is 22.0. The van der Waals surface area contributed by atoms with Gasteiger partial charge in [-0.05, 0) is 54.6 Å². The van der Waals surface area contributed by atoms with Crippen LogP contribution in [0.2, 0.25) is 0 Å². The summed E-state index contributed by atoms with van der Waals surface area (Å²) in [6.45, 7) is 0. The lowest BCUT2D eigenvalue weighted by Crippen LogP contribution is -2.37. The molecule has 0 radical (unpaired) electrons. The van der Waals surface area contributed by atoms with Gasteiger partial charge in [0.1, 0.15) is 23.5 Å². The number of amides is 2. The van der Waals surface area contributed by atoms with E-state index in [2.05, 4.69) is 15.9 Å². The molecule has 3 aromatic carbocycles. The van der Waals surface area contributed by atoms with Crippen molar-refractivity contribution < 1.29 is 23.9 Å². The van der Waals surface area contributed by atoms with Crippen molar-refractivity contribution in [2.45, 2.75) is 12.1 Å². The van der Waals surface area contributed by atoms with Crippen molar-refractivity contribution in [1.82, 2.24) is 0 Å². The van der Waals surface area contributed by atoms with Crippen molar-refractivity contribution in [2.24, 2.45) is 5.92 Å². The fourth-order valence-corrected chi connectivity index (χ4v) is 4.71. The number of nitrogens with zero attached hydrogens (tertiary/aromatic N) is 2. The molecule has 7 nitrogen and oxygen atoms in total. The van der Waals surface area contributed by atoms with Crippen LogP contribution in [-0.4, -0.2) is 32.1 Å². The minimum atomic E-state index is -0.956. The van der Waals surface area contributed by atoms with Crippen molar-refractivity contribution >= 4 is 39.1 Å². The second-order valence-electron chi connectivity index (χ2n) is 7.75. The maximum atomic E-state index is 13.7. The zero-order valence-corrected chi connectivity index (χ0v) is 19.6. The SMILES string of the molecule is COc1ccc(OC)c([C@@H]2[C@@H]3C(=O)N(c4ccc(Br)cc4)C(=O)[C@@H]3ON2c2ccccc2)c1. The first-order chi connectivity index (χ1) is 16.0. The van der Waals surface area contributed by atoms with Crippen LogP contribution in [0.15, 0.2) is 77.3 Å². The van der Waals surface area contributed by atoms with E-state index < -0.39 is 24.0 Å². The van der Waals surface area contributed by atoms with E-state index in [1.54, 1.807) is 55.7 Å². The lowest BCUT2D eigenvalue weighted by molar-refractivity contribution is -0.126. The molecule has 2 fully saturated rings. The number of hydroxylamine groups is 1. The van der Waals surface area contributed by atoms with Crippen LogP contribution in [0.4, 0.5) is 11.4 Å². The number of para-hydroxylation sites is 1. The average molecular weight is 509 g/mol. The minimum Gasteiger partial charge on any atom is -0.497 e. The second kappa shape index (κ2) is 8.53. The Hall–Kier alpha value is -3.36. The molecule has 8 heteroatoms. The van der Waals surface area contributed by atoms with Gasteiger partial charge < -0.3 is 9.47 Å². The van der Waals surface area contributed by atoms with Gasteiger partial charge in [-0.1, -0.05) is 34.1 Å². The Kier molecular flexibility index (Phi) is 5.55.